The fourth-order valence-corrected chi connectivity index (χ4v) is 1.92. The first-order chi connectivity index (χ1) is 9.72. The second-order valence-electron chi connectivity index (χ2n) is 4.17. The maximum atomic E-state index is 5.70. The average molecular weight is 289 g/mol. The van der Waals surface area contributed by atoms with E-state index in [9.17, 15) is 0 Å². The van der Waals surface area contributed by atoms with Gasteiger partial charge >= 0.3 is 0 Å². The van der Waals surface area contributed by atoms with E-state index in [1.54, 1.807) is 12.3 Å². The van der Waals surface area contributed by atoms with Crippen molar-refractivity contribution < 1.29 is 13.7 Å². The van der Waals surface area contributed by atoms with Gasteiger partial charge < -0.3 is 13.7 Å². The summed E-state index contributed by atoms with van der Waals surface area (Å²) in [5.74, 6) is 1.70. The van der Waals surface area contributed by atoms with Gasteiger partial charge in [0, 0.05) is 6.07 Å². The summed E-state index contributed by atoms with van der Waals surface area (Å²) < 4.78 is 16.0. The normalized spacial score (nSPS) is 10.7. The summed E-state index contributed by atoms with van der Waals surface area (Å²) in [5, 5.41) is 10.1. The molecule has 0 atom stereocenters. The van der Waals surface area contributed by atoms with Crippen LogP contribution < -0.4 is 4.74 Å². The topological polar surface area (TPSA) is 77.1 Å². The Kier molecular flexibility index (Phi) is 3.34. The molecule has 1 aromatic carbocycles. The smallest absolute Gasteiger partial charge is 0.284 e. The van der Waals surface area contributed by atoms with Crippen LogP contribution in [-0.4, -0.2) is 15.4 Å². The maximum absolute atomic E-state index is 5.70. The highest BCUT2D eigenvalue weighted by Gasteiger charge is 2.11. The lowest BCUT2D eigenvalue weighted by molar-refractivity contribution is 0.262. The number of nitrogens with one attached hydrogen (secondary N) is 1. The molecule has 102 valence electrons. The number of aromatic amines is 1. The van der Waals surface area contributed by atoms with E-state index in [0.717, 1.165) is 11.1 Å². The Morgan fingerprint density at radius 2 is 2.25 bits per heavy atom. The first-order valence-electron chi connectivity index (χ1n) is 5.91. The zero-order valence-corrected chi connectivity index (χ0v) is 11.4. The van der Waals surface area contributed by atoms with Gasteiger partial charge in [-0.15, -0.1) is 5.10 Å². The second kappa shape index (κ2) is 5.30. The van der Waals surface area contributed by atoms with Crippen LogP contribution in [0.3, 0.4) is 0 Å². The van der Waals surface area contributed by atoms with Crippen LogP contribution in [0, 0.1) is 11.8 Å². The molecule has 0 unspecified atom stereocenters. The second-order valence-corrected chi connectivity index (χ2v) is 4.54. The molecule has 0 bridgehead atoms. The molecule has 0 aliphatic carbocycles. The summed E-state index contributed by atoms with van der Waals surface area (Å²) in [6.07, 6.45) is 1.59. The van der Waals surface area contributed by atoms with Crippen molar-refractivity contribution in [1.82, 2.24) is 15.4 Å². The van der Waals surface area contributed by atoms with Crippen LogP contribution in [0.1, 0.15) is 11.5 Å². The summed E-state index contributed by atoms with van der Waals surface area (Å²) in [6.45, 7) is 2.17. The number of aryl methyl sites for hydroxylation is 1. The van der Waals surface area contributed by atoms with E-state index in [4.69, 9.17) is 25.9 Å². The van der Waals surface area contributed by atoms with E-state index in [0.29, 0.717) is 17.4 Å². The van der Waals surface area contributed by atoms with Crippen molar-refractivity contribution in [2.24, 2.45) is 0 Å². The Morgan fingerprint density at radius 3 is 2.95 bits per heavy atom. The molecule has 20 heavy (non-hydrogen) atoms. The Labute approximate surface area is 119 Å². The number of hydrogen-bond acceptors (Lipinski definition) is 6. The quantitative estimate of drug-likeness (QED) is 0.743. The van der Waals surface area contributed by atoms with Crippen LogP contribution in [-0.2, 0) is 6.61 Å². The van der Waals surface area contributed by atoms with Gasteiger partial charge in [0.05, 0.1) is 11.8 Å². The van der Waals surface area contributed by atoms with E-state index >= 15 is 0 Å². The molecule has 0 aliphatic rings. The minimum atomic E-state index is 0.178. The number of benzene rings is 1. The van der Waals surface area contributed by atoms with Gasteiger partial charge in [-0.1, -0.05) is 16.8 Å². The number of nitrogens with zero attached hydrogens (tertiary/aromatic N) is 2. The summed E-state index contributed by atoms with van der Waals surface area (Å²) in [4.78, 5) is 0.225. The van der Waals surface area contributed by atoms with Crippen LogP contribution in [0.5, 0.6) is 5.75 Å². The van der Waals surface area contributed by atoms with E-state index < -0.39 is 0 Å². The van der Waals surface area contributed by atoms with Crippen molar-refractivity contribution in [3.05, 3.63) is 46.8 Å². The number of H-pyrrole nitrogens is 1. The van der Waals surface area contributed by atoms with Crippen LogP contribution in [0.4, 0.5) is 0 Å². The minimum Gasteiger partial charge on any atom is -0.483 e. The molecule has 1 N–H and O–H groups in total. The minimum absolute atomic E-state index is 0.178. The van der Waals surface area contributed by atoms with Crippen LogP contribution >= 0.6 is 12.2 Å². The molecule has 3 rings (SSSR count). The third-order valence-electron chi connectivity index (χ3n) is 2.67. The van der Waals surface area contributed by atoms with Crippen LogP contribution in [0.2, 0.25) is 0 Å². The third-order valence-corrected chi connectivity index (χ3v) is 2.85. The number of ether oxygens (including phenoxy) is 1. The molecule has 0 radical (unpaired) electrons. The van der Waals surface area contributed by atoms with E-state index in [-0.39, 0.29) is 11.4 Å². The molecular formula is C13H11N3O3S. The number of rotatable bonds is 4. The molecular weight excluding hydrogens is 278 g/mol. The largest absolute Gasteiger partial charge is 0.483 e. The van der Waals surface area contributed by atoms with Gasteiger partial charge in [-0.25, -0.2) is 5.10 Å². The highest BCUT2D eigenvalue weighted by Crippen LogP contribution is 2.31. The molecule has 0 spiro atoms. The molecule has 0 saturated heterocycles. The molecule has 0 amide bonds. The summed E-state index contributed by atoms with van der Waals surface area (Å²) >= 11 is 4.81. The van der Waals surface area contributed by atoms with Gasteiger partial charge in [-0.3, -0.25) is 0 Å². The fourth-order valence-electron chi connectivity index (χ4n) is 1.78. The first kappa shape index (κ1) is 12.6. The Balaban J connectivity index is 1.87. The molecule has 2 aromatic heterocycles. The Hall–Kier alpha value is -2.41. The zero-order valence-electron chi connectivity index (χ0n) is 10.6. The van der Waals surface area contributed by atoms with Crippen molar-refractivity contribution in [3.63, 3.8) is 0 Å². The van der Waals surface area contributed by atoms with Crippen molar-refractivity contribution in [2.75, 3.05) is 0 Å². The number of hydrogen-bond donors (Lipinski definition) is 1. The summed E-state index contributed by atoms with van der Waals surface area (Å²) in [7, 11) is 0. The van der Waals surface area contributed by atoms with Crippen molar-refractivity contribution in [2.45, 2.75) is 13.5 Å². The highest BCUT2D eigenvalue weighted by molar-refractivity contribution is 7.71. The van der Waals surface area contributed by atoms with Crippen molar-refractivity contribution in [3.8, 4) is 17.1 Å². The van der Waals surface area contributed by atoms with Gasteiger partial charge in [0.25, 0.3) is 10.7 Å². The van der Waals surface area contributed by atoms with E-state index in [1.165, 1.54) is 0 Å². The highest BCUT2D eigenvalue weighted by atomic mass is 32.1. The predicted molar refractivity (Wildman–Crippen MR) is 72.7 cm³/mol. The molecule has 0 fully saturated rings. The average Bonchev–Trinajstić information content (AvgIpc) is 3.08. The van der Waals surface area contributed by atoms with E-state index in [2.05, 4.69) is 15.4 Å². The molecule has 2 heterocycles. The summed E-state index contributed by atoms with van der Waals surface area (Å²) in [5.41, 5.74) is 1.93. The molecule has 3 aromatic rings. The van der Waals surface area contributed by atoms with Gasteiger partial charge in [-0.2, -0.15) is 0 Å². The zero-order chi connectivity index (χ0) is 13.9. The first-order valence-corrected chi connectivity index (χ1v) is 6.32. The molecule has 6 nitrogen and oxygen atoms in total. The van der Waals surface area contributed by atoms with Gasteiger partial charge in [0.15, 0.2) is 12.4 Å². The Morgan fingerprint density at radius 1 is 1.35 bits per heavy atom. The molecule has 0 aliphatic heterocycles. The summed E-state index contributed by atoms with van der Waals surface area (Å²) in [6, 6.07) is 7.57. The maximum Gasteiger partial charge on any atom is 0.284 e. The van der Waals surface area contributed by atoms with Crippen LogP contribution in [0.15, 0.2) is 39.4 Å². The fraction of sp³-hybridized carbons (Fsp3) is 0.154. The van der Waals surface area contributed by atoms with Gasteiger partial charge in [-0.05, 0) is 31.3 Å². The van der Waals surface area contributed by atoms with Crippen molar-refractivity contribution in [1.29, 1.82) is 0 Å². The monoisotopic (exact) mass is 289 g/mol. The van der Waals surface area contributed by atoms with Gasteiger partial charge in [0.1, 0.15) is 5.75 Å². The molecule has 0 saturated carbocycles. The van der Waals surface area contributed by atoms with Crippen molar-refractivity contribution >= 4 is 12.2 Å². The predicted octanol–water partition coefficient (Wildman–Crippen LogP) is 3.27. The van der Waals surface area contributed by atoms with Gasteiger partial charge in [0.2, 0.25) is 0 Å². The van der Waals surface area contributed by atoms with E-state index in [1.807, 2.05) is 25.1 Å². The lowest BCUT2D eigenvalue weighted by Crippen LogP contribution is -1.97. The molecule has 7 heteroatoms. The number of aromatic nitrogens is 3. The SMILES string of the molecule is Cc1ccc(OCc2n[nH]c(=S)o2)c(-c2ccno2)c1. The standard InChI is InChI=1S/C13H11N3O3S/c1-8-2-3-10(9(6-8)11-4-5-14-19-11)17-7-12-15-16-13(20)18-12/h2-6H,7H2,1H3,(H,16,20). The lowest BCUT2D eigenvalue weighted by atomic mass is 10.1. The van der Waals surface area contributed by atoms with Crippen LogP contribution in [0.25, 0.3) is 11.3 Å². The Bertz CT molecular complexity index is 761. The lowest BCUT2D eigenvalue weighted by Gasteiger charge is -2.08. The third kappa shape index (κ3) is 2.62.